The lowest BCUT2D eigenvalue weighted by Crippen LogP contribution is -2.05. The van der Waals surface area contributed by atoms with E-state index in [1.165, 1.54) is 0 Å². The summed E-state index contributed by atoms with van der Waals surface area (Å²) in [7, 11) is 1.03. The van der Waals surface area contributed by atoms with Crippen LogP contribution in [-0.4, -0.2) is 12.2 Å². The summed E-state index contributed by atoms with van der Waals surface area (Å²) < 4.78 is 79.9. The molecule has 0 aliphatic rings. The Hall–Kier alpha value is -2.12. The van der Waals surface area contributed by atoms with Crippen LogP contribution in [0.5, 0.6) is 5.75 Å². The second-order valence-corrected chi connectivity index (χ2v) is 3.61. The molecular weight excluding hydrogens is 276 g/mol. The maximum atomic E-state index is 13.6. The first-order valence-corrected chi connectivity index (χ1v) is 4.86. The van der Waals surface area contributed by atoms with Crippen molar-refractivity contribution in [1.29, 1.82) is 0 Å². The van der Waals surface area contributed by atoms with E-state index in [1.54, 1.807) is 0 Å². The number of halogens is 6. The smallest absolute Gasteiger partial charge is 0.204 e. The van der Waals surface area contributed by atoms with Gasteiger partial charge in [0, 0.05) is 7.05 Å². The molecule has 0 atom stereocenters. The van der Waals surface area contributed by atoms with Crippen molar-refractivity contribution in [3.8, 4) is 5.75 Å². The van der Waals surface area contributed by atoms with Gasteiger partial charge in [0.2, 0.25) is 5.82 Å². The van der Waals surface area contributed by atoms with Crippen molar-refractivity contribution in [2.24, 2.45) is 0 Å². The number of hydrogen-bond acceptors (Lipinski definition) is 2. The van der Waals surface area contributed by atoms with E-state index < -0.39 is 57.1 Å². The van der Waals surface area contributed by atoms with Crippen LogP contribution < -0.4 is 5.32 Å². The van der Waals surface area contributed by atoms with Crippen LogP contribution in [0, 0.1) is 34.9 Å². The standard InChI is InChI=1S/C11H5F6NO/c1-18-10-2-3(5(13)6(14)8(10)16)11(19)9(17)7(15)4(2)12/h18-19H,1H3. The molecule has 0 amide bonds. The van der Waals surface area contributed by atoms with Gasteiger partial charge in [-0.2, -0.15) is 4.39 Å². The molecule has 2 N–H and O–H groups in total. The third-order valence-electron chi connectivity index (χ3n) is 2.62. The highest BCUT2D eigenvalue weighted by molar-refractivity contribution is 5.99. The molecule has 0 aliphatic carbocycles. The summed E-state index contributed by atoms with van der Waals surface area (Å²) in [5.74, 6) is -13.6. The highest BCUT2D eigenvalue weighted by Crippen LogP contribution is 2.40. The second kappa shape index (κ2) is 4.22. The van der Waals surface area contributed by atoms with E-state index in [-0.39, 0.29) is 0 Å². The number of hydrogen-bond donors (Lipinski definition) is 2. The fraction of sp³-hybridized carbons (Fsp3) is 0.0909. The van der Waals surface area contributed by atoms with Crippen molar-refractivity contribution in [2.75, 3.05) is 12.4 Å². The number of fused-ring (bicyclic) bond motifs is 1. The maximum Gasteiger partial charge on any atom is 0.204 e. The van der Waals surface area contributed by atoms with Gasteiger partial charge in [-0.25, -0.2) is 22.0 Å². The number of phenolic OH excluding ortho intramolecular Hbond substituents is 1. The van der Waals surface area contributed by atoms with Crippen LogP contribution in [0.1, 0.15) is 0 Å². The summed E-state index contributed by atoms with van der Waals surface area (Å²) in [6.45, 7) is 0. The van der Waals surface area contributed by atoms with Gasteiger partial charge in [0.25, 0.3) is 0 Å². The topological polar surface area (TPSA) is 32.3 Å². The van der Waals surface area contributed by atoms with Crippen LogP contribution >= 0.6 is 0 Å². The molecule has 0 radical (unpaired) electrons. The SMILES string of the molecule is CNc1c(F)c(F)c(F)c2c(O)c(F)c(F)c(F)c12. The van der Waals surface area contributed by atoms with Crippen molar-refractivity contribution in [2.45, 2.75) is 0 Å². The summed E-state index contributed by atoms with van der Waals surface area (Å²) in [6.07, 6.45) is 0. The fourth-order valence-electron chi connectivity index (χ4n) is 1.76. The number of rotatable bonds is 1. The van der Waals surface area contributed by atoms with Gasteiger partial charge in [-0.05, 0) is 0 Å². The van der Waals surface area contributed by atoms with E-state index in [0.717, 1.165) is 7.05 Å². The van der Waals surface area contributed by atoms with Crippen molar-refractivity contribution in [1.82, 2.24) is 0 Å². The molecule has 102 valence electrons. The van der Waals surface area contributed by atoms with E-state index in [9.17, 15) is 31.4 Å². The monoisotopic (exact) mass is 281 g/mol. The van der Waals surface area contributed by atoms with Crippen LogP contribution in [0.4, 0.5) is 32.0 Å². The minimum absolute atomic E-state index is 0.930. The van der Waals surface area contributed by atoms with Crippen LogP contribution in [0.15, 0.2) is 0 Å². The van der Waals surface area contributed by atoms with E-state index in [1.807, 2.05) is 5.32 Å². The summed E-state index contributed by atoms with van der Waals surface area (Å²) in [5.41, 5.74) is -0.930. The zero-order valence-electron chi connectivity index (χ0n) is 9.22. The lowest BCUT2D eigenvalue weighted by molar-refractivity contribution is 0.390. The molecule has 0 aromatic heterocycles. The first-order valence-electron chi connectivity index (χ1n) is 4.86. The zero-order chi connectivity index (χ0) is 14.5. The lowest BCUT2D eigenvalue weighted by atomic mass is 10.0. The Bertz CT molecular complexity index is 692. The molecule has 19 heavy (non-hydrogen) atoms. The van der Waals surface area contributed by atoms with Crippen molar-refractivity contribution >= 4 is 16.5 Å². The number of nitrogens with one attached hydrogen (secondary N) is 1. The van der Waals surface area contributed by atoms with Gasteiger partial charge in [0.15, 0.2) is 34.8 Å². The predicted octanol–water partition coefficient (Wildman–Crippen LogP) is 3.42. The van der Waals surface area contributed by atoms with Gasteiger partial charge < -0.3 is 10.4 Å². The Kier molecular flexibility index (Phi) is 2.95. The molecule has 2 rings (SSSR count). The number of anilines is 1. The normalized spacial score (nSPS) is 11.1. The minimum Gasteiger partial charge on any atom is -0.504 e. The molecule has 2 aromatic carbocycles. The van der Waals surface area contributed by atoms with Crippen molar-refractivity contribution < 1.29 is 31.4 Å². The summed E-state index contributed by atoms with van der Waals surface area (Å²) >= 11 is 0. The van der Waals surface area contributed by atoms with Crippen LogP contribution in [0.3, 0.4) is 0 Å². The zero-order valence-corrected chi connectivity index (χ0v) is 9.22. The Labute approximate surface area is 102 Å². The summed E-state index contributed by atoms with van der Waals surface area (Å²) in [4.78, 5) is 0. The average Bonchev–Trinajstić information content (AvgIpc) is 2.40. The number of phenols is 1. The highest BCUT2D eigenvalue weighted by atomic mass is 19.2. The summed E-state index contributed by atoms with van der Waals surface area (Å²) in [5, 5.41) is 8.85. The Morgan fingerprint density at radius 2 is 1.16 bits per heavy atom. The third kappa shape index (κ3) is 1.59. The largest absolute Gasteiger partial charge is 0.504 e. The van der Waals surface area contributed by atoms with Gasteiger partial charge >= 0.3 is 0 Å². The molecule has 0 saturated carbocycles. The van der Waals surface area contributed by atoms with Crippen molar-refractivity contribution in [3.63, 3.8) is 0 Å². The highest BCUT2D eigenvalue weighted by Gasteiger charge is 2.29. The molecule has 0 spiro atoms. The Morgan fingerprint density at radius 3 is 1.68 bits per heavy atom. The fourth-order valence-corrected chi connectivity index (χ4v) is 1.76. The molecule has 0 saturated heterocycles. The first kappa shape index (κ1) is 13.3. The molecule has 8 heteroatoms. The molecule has 0 aliphatic heterocycles. The molecular formula is C11H5F6NO. The quantitative estimate of drug-likeness (QED) is 0.620. The molecule has 0 fully saturated rings. The minimum atomic E-state index is -2.12. The van der Waals surface area contributed by atoms with E-state index in [0.29, 0.717) is 0 Å². The van der Waals surface area contributed by atoms with Gasteiger partial charge in [-0.3, -0.25) is 0 Å². The Balaban J connectivity index is 3.21. The average molecular weight is 281 g/mol. The predicted molar refractivity (Wildman–Crippen MR) is 54.9 cm³/mol. The van der Waals surface area contributed by atoms with Crippen LogP contribution in [-0.2, 0) is 0 Å². The first-order chi connectivity index (χ1) is 8.82. The van der Waals surface area contributed by atoms with Gasteiger partial charge in [-0.15, -0.1) is 0 Å². The molecule has 0 bridgehead atoms. The Morgan fingerprint density at radius 1 is 0.684 bits per heavy atom. The second-order valence-electron chi connectivity index (χ2n) is 3.61. The van der Waals surface area contributed by atoms with E-state index in [2.05, 4.69) is 0 Å². The van der Waals surface area contributed by atoms with E-state index >= 15 is 0 Å². The third-order valence-corrected chi connectivity index (χ3v) is 2.62. The molecule has 0 unspecified atom stereocenters. The van der Waals surface area contributed by atoms with Crippen LogP contribution in [0.2, 0.25) is 0 Å². The van der Waals surface area contributed by atoms with Gasteiger partial charge in [-0.1, -0.05) is 0 Å². The summed E-state index contributed by atoms with van der Waals surface area (Å²) in [6, 6.07) is 0. The molecule has 2 nitrogen and oxygen atoms in total. The van der Waals surface area contributed by atoms with Gasteiger partial charge in [0.05, 0.1) is 16.5 Å². The van der Waals surface area contributed by atoms with Crippen LogP contribution in [0.25, 0.3) is 10.8 Å². The maximum absolute atomic E-state index is 13.6. The number of benzene rings is 2. The molecule has 0 heterocycles. The number of aromatic hydroxyl groups is 1. The molecule has 2 aromatic rings. The van der Waals surface area contributed by atoms with Crippen molar-refractivity contribution in [3.05, 3.63) is 34.9 Å². The lowest BCUT2D eigenvalue weighted by Gasteiger charge is -2.13. The van der Waals surface area contributed by atoms with Gasteiger partial charge in [0.1, 0.15) is 0 Å². The van der Waals surface area contributed by atoms with E-state index in [4.69, 9.17) is 0 Å².